The van der Waals surface area contributed by atoms with Gasteiger partial charge in [0.2, 0.25) is 17.7 Å². The highest BCUT2D eigenvalue weighted by Crippen LogP contribution is 2.19. The molecular weight excluding hydrogens is 516 g/mol. The molecule has 39 heavy (non-hydrogen) atoms. The van der Waals surface area contributed by atoms with Crippen molar-refractivity contribution in [2.75, 3.05) is 56.2 Å². The van der Waals surface area contributed by atoms with Gasteiger partial charge >= 0.3 is 0 Å². The first kappa shape index (κ1) is 31.2. The second-order valence-electron chi connectivity index (χ2n) is 10.7. The highest BCUT2D eigenvalue weighted by Gasteiger charge is 2.31. The molecule has 3 amide bonds. The summed E-state index contributed by atoms with van der Waals surface area (Å²) >= 11 is 0. The maximum absolute atomic E-state index is 13.5. The zero-order chi connectivity index (χ0) is 28.0. The van der Waals surface area contributed by atoms with Crippen LogP contribution < -0.4 is 10.6 Å². The van der Waals surface area contributed by atoms with Gasteiger partial charge in [-0.2, -0.15) is 0 Å². The van der Waals surface area contributed by atoms with Crippen LogP contribution in [0.15, 0.2) is 24.3 Å². The molecule has 1 aliphatic heterocycles. The number of morpholine rings is 1. The van der Waals surface area contributed by atoms with E-state index in [1.54, 1.807) is 17.0 Å². The van der Waals surface area contributed by atoms with Crippen molar-refractivity contribution in [2.45, 2.75) is 77.3 Å². The van der Waals surface area contributed by atoms with Gasteiger partial charge in [0.1, 0.15) is 17.5 Å². The van der Waals surface area contributed by atoms with E-state index in [1.165, 1.54) is 6.42 Å². The Hall–Kier alpha value is -2.30. The van der Waals surface area contributed by atoms with Crippen LogP contribution in [0.4, 0.5) is 5.69 Å². The number of ether oxygens (including phenoxy) is 1. The number of nitrogens with one attached hydrogen (secondary N) is 2. The molecule has 1 aromatic carbocycles. The Balaban J connectivity index is 1.62. The van der Waals surface area contributed by atoms with E-state index in [0.717, 1.165) is 57.3 Å². The number of carbonyl (C=O) groups is 3. The molecule has 3 rings (SSSR count). The van der Waals surface area contributed by atoms with Crippen molar-refractivity contribution in [1.82, 2.24) is 15.1 Å². The number of anilines is 1. The van der Waals surface area contributed by atoms with Crippen LogP contribution in [0.2, 0.25) is 0 Å². The average Bonchev–Trinajstić information content (AvgIpc) is 2.92. The van der Waals surface area contributed by atoms with Gasteiger partial charge in [0.25, 0.3) is 0 Å². The number of amides is 3. The van der Waals surface area contributed by atoms with E-state index < -0.39 is 22.7 Å². The molecule has 0 unspecified atom stereocenters. The lowest BCUT2D eigenvalue weighted by atomic mass is 9.95. The van der Waals surface area contributed by atoms with E-state index in [0.29, 0.717) is 38.3 Å². The van der Waals surface area contributed by atoms with Crippen molar-refractivity contribution in [2.24, 2.45) is 0 Å². The van der Waals surface area contributed by atoms with Crippen molar-refractivity contribution < 1.29 is 23.3 Å². The van der Waals surface area contributed by atoms with E-state index in [9.17, 15) is 18.6 Å². The van der Waals surface area contributed by atoms with Crippen LogP contribution in [0.25, 0.3) is 0 Å². The number of benzene rings is 1. The van der Waals surface area contributed by atoms with Gasteiger partial charge in [-0.3, -0.25) is 23.5 Å². The highest BCUT2D eigenvalue weighted by atomic mass is 32.2. The summed E-state index contributed by atoms with van der Waals surface area (Å²) < 4.78 is 18.3. The summed E-state index contributed by atoms with van der Waals surface area (Å²) in [7, 11) is -1.69. The normalized spacial score (nSPS) is 18.2. The minimum absolute atomic E-state index is 0.119. The molecule has 0 bridgehead atoms. The molecule has 2 atom stereocenters. The second-order valence-corrected chi connectivity index (χ2v) is 12.1. The Morgan fingerprint density at radius 3 is 2.44 bits per heavy atom. The minimum atomic E-state index is -1.69. The zero-order valence-electron chi connectivity index (χ0n) is 23.6. The van der Waals surface area contributed by atoms with E-state index in [2.05, 4.69) is 15.5 Å². The van der Waals surface area contributed by atoms with Gasteiger partial charge < -0.3 is 20.3 Å². The molecule has 2 fully saturated rings. The third-order valence-electron chi connectivity index (χ3n) is 7.40. The van der Waals surface area contributed by atoms with Crippen molar-refractivity contribution >= 4 is 34.2 Å². The topological polar surface area (TPSA) is 108 Å². The van der Waals surface area contributed by atoms with Crippen LogP contribution in [0.3, 0.4) is 0 Å². The van der Waals surface area contributed by atoms with Crippen molar-refractivity contribution in [3.05, 3.63) is 29.8 Å². The maximum atomic E-state index is 13.5. The van der Waals surface area contributed by atoms with Gasteiger partial charge in [0.15, 0.2) is 0 Å². The van der Waals surface area contributed by atoms with Gasteiger partial charge in [-0.1, -0.05) is 50.3 Å². The summed E-state index contributed by atoms with van der Waals surface area (Å²) in [5.74, 6) is -1.41. The lowest BCUT2D eigenvalue weighted by Crippen LogP contribution is -2.53. The number of rotatable bonds is 14. The van der Waals surface area contributed by atoms with Crippen molar-refractivity contribution in [1.29, 1.82) is 0 Å². The Morgan fingerprint density at radius 2 is 1.77 bits per heavy atom. The Bertz CT molecular complexity index is 946. The fourth-order valence-corrected chi connectivity index (χ4v) is 6.15. The van der Waals surface area contributed by atoms with Crippen LogP contribution in [-0.4, -0.2) is 94.7 Å². The average molecular weight is 563 g/mol. The molecule has 1 saturated carbocycles. The van der Waals surface area contributed by atoms with Crippen LogP contribution >= 0.6 is 0 Å². The first-order chi connectivity index (χ1) is 18.9. The van der Waals surface area contributed by atoms with Gasteiger partial charge in [-0.25, -0.2) is 0 Å². The summed E-state index contributed by atoms with van der Waals surface area (Å²) in [6.07, 6.45) is 7.35. The number of aryl methyl sites for hydroxylation is 1. The number of hydrogen-bond donors (Lipinski definition) is 2. The molecule has 1 aliphatic carbocycles. The van der Waals surface area contributed by atoms with Gasteiger partial charge in [0, 0.05) is 48.7 Å². The predicted octanol–water partition coefficient (Wildman–Crippen LogP) is 2.85. The molecule has 2 aliphatic rings. The van der Waals surface area contributed by atoms with E-state index in [1.807, 2.05) is 26.0 Å². The smallest absolute Gasteiger partial charge is 0.243 e. The molecule has 0 radical (unpaired) electrons. The Labute approximate surface area is 235 Å². The van der Waals surface area contributed by atoms with Crippen molar-refractivity contribution in [3.63, 3.8) is 0 Å². The fraction of sp³-hybridized carbons (Fsp3) is 0.690. The summed E-state index contributed by atoms with van der Waals surface area (Å²) in [4.78, 5) is 43.3. The van der Waals surface area contributed by atoms with E-state index in [-0.39, 0.29) is 29.4 Å². The predicted molar refractivity (Wildman–Crippen MR) is 155 cm³/mol. The summed E-state index contributed by atoms with van der Waals surface area (Å²) in [5, 5.41) is 5.94. The molecule has 9 nitrogen and oxygen atoms in total. The van der Waals surface area contributed by atoms with E-state index >= 15 is 0 Å². The van der Waals surface area contributed by atoms with Crippen LogP contribution in [0, 0.1) is 6.92 Å². The number of nitrogens with zero attached hydrogens (tertiary/aromatic N) is 2. The standard InChI is InChI=1S/C29H46N4O5S/c1-3-8-26(29(36)31-24-9-5-4-6-10-24)33(16-7-15-32-17-19-38-20-18-32)28(35)22-39(37)21-27(34)30-25-13-11-23(2)12-14-25/h11-14,24,26H,3-10,15-22H2,1-2H3,(H,30,34)(H,31,36)/t26-,39-/m1/s1. The van der Waals surface area contributed by atoms with Crippen molar-refractivity contribution in [3.8, 4) is 0 Å². The summed E-state index contributed by atoms with van der Waals surface area (Å²) in [6.45, 7) is 8.29. The second kappa shape index (κ2) is 16.7. The molecule has 218 valence electrons. The lowest BCUT2D eigenvalue weighted by Gasteiger charge is -2.34. The largest absolute Gasteiger partial charge is 0.379 e. The van der Waals surface area contributed by atoms with Crippen LogP contribution in [-0.2, 0) is 29.9 Å². The van der Waals surface area contributed by atoms with Gasteiger partial charge in [-0.05, 0) is 44.7 Å². The minimum Gasteiger partial charge on any atom is -0.379 e. The van der Waals surface area contributed by atoms with E-state index in [4.69, 9.17) is 4.74 Å². The Morgan fingerprint density at radius 1 is 1.08 bits per heavy atom. The van der Waals surface area contributed by atoms with Gasteiger partial charge in [0.05, 0.1) is 13.2 Å². The van der Waals surface area contributed by atoms with Crippen LogP contribution in [0.5, 0.6) is 0 Å². The molecule has 2 N–H and O–H groups in total. The fourth-order valence-electron chi connectivity index (χ4n) is 5.24. The molecule has 1 aromatic rings. The zero-order valence-corrected chi connectivity index (χ0v) is 24.4. The highest BCUT2D eigenvalue weighted by molar-refractivity contribution is 7.86. The van der Waals surface area contributed by atoms with Gasteiger partial charge in [-0.15, -0.1) is 0 Å². The Kier molecular flexibility index (Phi) is 13.4. The third kappa shape index (κ3) is 11.0. The molecule has 10 heteroatoms. The lowest BCUT2D eigenvalue weighted by molar-refractivity contribution is -0.139. The molecule has 1 heterocycles. The number of hydrogen-bond acceptors (Lipinski definition) is 6. The SMILES string of the molecule is CCC[C@H](C(=O)NC1CCCCC1)N(CCCN1CCOCC1)C(=O)C[S@](=O)CC(=O)Nc1ccc(C)cc1. The summed E-state index contributed by atoms with van der Waals surface area (Å²) in [6, 6.07) is 6.90. The molecular formula is C29H46N4O5S. The monoisotopic (exact) mass is 562 g/mol. The third-order valence-corrected chi connectivity index (χ3v) is 8.55. The molecule has 0 spiro atoms. The molecule has 1 saturated heterocycles. The first-order valence-electron chi connectivity index (χ1n) is 14.5. The molecule has 0 aromatic heterocycles. The maximum Gasteiger partial charge on any atom is 0.243 e. The first-order valence-corrected chi connectivity index (χ1v) is 16.0. The van der Waals surface area contributed by atoms with Crippen LogP contribution in [0.1, 0.15) is 63.9 Å². The summed E-state index contributed by atoms with van der Waals surface area (Å²) in [5.41, 5.74) is 1.70. The number of carbonyl (C=O) groups excluding carboxylic acids is 3. The quantitative estimate of drug-likeness (QED) is 0.361.